The maximum Gasteiger partial charge on any atom is 0.307 e. The van der Waals surface area contributed by atoms with Crippen molar-refractivity contribution in [1.82, 2.24) is 15.2 Å². The van der Waals surface area contributed by atoms with Crippen LogP contribution in [-0.4, -0.2) is 29.6 Å². The predicted octanol–water partition coefficient (Wildman–Crippen LogP) is 0.477. The molecule has 1 aliphatic rings. The molecule has 1 fully saturated rings. The van der Waals surface area contributed by atoms with Crippen LogP contribution < -0.4 is 15.5 Å². The van der Waals surface area contributed by atoms with Crippen molar-refractivity contribution in [3.63, 3.8) is 0 Å². The first kappa shape index (κ1) is 13.3. The van der Waals surface area contributed by atoms with Crippen molar-refractivity contribution < 1.29 is 4.79 Å². The van der Waals surface area contributed by atoms with Crippen LogP contribution in [0.5, 0.6) is 0 Å². The largest absolute Gasteiger partial charge is 0.352 e. The number of nitrogens with one attached hydrogen (secondary N) is 2. The van der Waals surface area contributed by atoms with Gasteiger partial charge in [-0.3, -0.25) is 9.59 Å². The highest BCUT2D eigenvalue weighted by molar-refractivity contribution is 7.07. The summed E-state index contributed by atoms with van der Waals surface area (Å²) < 4.78 is 1.66. The third kappa shape index (κ3) is 3.43. The number of hydrogen-bond acceptors (Lipinski definition) is 4. The molecule has 0 aromatic carbocycles. The SMILES string of the molecule is Cc1csc(=O)n1CCC(=O)N[C@H]1CCCNC1. The van der Waals surface area contributed by atoms with E-state index in [-0.39, 0.29) is 16.8 Å². The minimum absolute atomic E-state index is 0.0135. The zero-order valence-electron chi connectivity index (χ0n) is 10.6. The van der Waals surface area contributed by atoms with Crippen molar-refractivity contribution in [3.05, 3.63) is 20.7 Å². The summed E-state index contributed by atoms with van der Waals surface area (Å²) in [6.45, 7) is 4.25. The van der Waals surface area contributed by atoms with Gasteiger partial charge in [0.25, 0.3) is 0 Å². The van der Waals surface area contributed by atoms with Gasteiger partial charge in [0, 0.05) is 36.6 Å². The summed E-state index contributed by atoms with van der Waals surface area (Å²) in [5.41, 5.74) is 0.928. The molecule has 0 saturated carbocycles. The highest BCUT2D eigenvalue weighted by Crippen LogP contribution is 2.03. The second-order valence-corrected chi connectivity index (χ2v) is 5.48. The average molecular weight is 269 g/mol. The topological polar surface area (TPSA) is 63.1 Å². The average Bonchev–Trinajstić information content (AvgIpc) is 2.68. The minimum atomic E-state index is 0.0135. The number of thiazole rings is 1. The Morgan fingerprint density at radius 2 is 2.50 bits per heavy atom. The van der Waals surface area contributed by atoms with E-state index in [1.807, 2.05) is 12.3 Å². The summed E-state index contributed by atoms with van der Waals surface area (Å²) in [5.74, 6) is 0.0289. The third-order valence-corrected chi connectivity index (χ3v) is 4.08. The molecule has 5 nitrogen and oxygen atoms in total. The molecule has 0 spiro atoms. The number of nitrogens with zero attached hydrogens (tertiary/aromatic N) is 1. The van der Waals surface area contributed by atoms with E-state index in [0.717, 1.165) is 31.6 Å². The molecule has 1 aromatic rings. The molecular weight excluding hydrogens is 250 g/mol. The van der Waals surface area contributed by atoms with Crippen molar-refractivity contribution >= 4 is 17.2 Å². The van der Waals surface area contributed by atoms with Crippen LogP contribution in [0, 0.1) is 6.92 Å². The fraction of sp³-hybridized carbons (Fsp3) is 0.667. The van der Waals surface area contributed by atoms with Gasteiger partial charge in [-0.05, 0) is 26.3 Å². The molecule has 2 heterocycles. The highest BCUT2D eigenvalue weighted by Gasteiger charge is 2.15. The van der Waals surface area contributed by atoms with Crippen molar-refractivity contribution in [2.45, 2.75) is 38.8 Å². The Kier molecular flexibility index (Phi) is 4.54. The van der Waals surface area contributed by atoms with Gasteiger partial charge in [-0.1, -0.05) is 11.3 Å². The Balaban J connectivity index is 1.79. The van der Waals surface area contributed by atoms with Crippen LogP contribution in [0.3, 0.4) is 0 Å². The third-order valence-electron chi connectivity index (χ3n) is 3.20. The standard InChI is InChI=1S/C12H19N3O2S/c1-9-8-18-12(17)15(9)6-4-11(16)14-10-3-2-5-13-7-10/h8,10,13H,2-7H2,1H3,(H,14,16)/t10-/m0/s1. The molecule has 1 aliphatic heterocycles. The van der Waals surface area contributed by atoms with Crippen LogP contribution >= 0.6 is 11.3 Å². The zero-order valence-corrected chi connectivity index (χ0v) is 11.4. The molecule has 100 valence electrons. The number of carbonyl (C=O) groups is 1. The number of carbonyl (C=O) groups excluding carboxylic acids is 1. The first-order valence-corrected chi connectivity index (χ1v) is 7.20. The van der Waals surface area contributed by atoms with Gasteiger partial charge in [-0.2, -0.15) is 0 Å². The van der Waals surface area contributed by atoms with Crippen molar-refractivity contribution in [2.24, 2.45) is 0 Å². The Bertz CT molecular complexity index is 460. The first-order valence-electron chi connectivity index (χ1n) is 6.32. The van der Waals surface area contributed by atoms with E-state index in [1.165, 1.54) is 11.3 Å². The summed E-state index contributed by atoms with van der Waals surface area (Å²) in [4.78, 5) is 23.3. The summed E-state index contributed by atoms with van der Waals surface area (Å²) in [5, 5.41) is 8.09. The Morgan fingerprint density at radius 3 is 3.11 bits per heavy atom. The zero-order chi connectivity index (χ0) is 13.0. The quantitative estimate of drug-likeness (QED) is 0.835. The lowest BCUT2D eigenvalue weighted by Crippen LogP contribution is -2.45. The van der Waals surface area contributed by atoms with Crippen molar-refractivity contribution in [2.75, 3.05) is 13.1 Å². The van der Waals surface area contributed by atoms with Crippen molar-refractivity contribution in [3.8, 4) is 0 Å². The summed E-state index contributed by atoms with van der Waals surface area (Å²) in [6.07, 6.45) is 2.51. The molecule has 1 amide bonds. The molecule has 1 aromatic heterocycles. The number of rotatable bonds is 4. The molecule has 0 radical (unpaired) electrons. The molecule has 6 heteroatoms. The van der Waals surface area contributed by atoms with Crippen LogP contribution in [0.1, 0.15) is 25.0 Å². The maximum atomic E-state index is 11.8. The smallest absolute Gasteiger partial charge is 0.307 e. The second kappa shape index (κ2) is 6.15. The van der Waals surface area contributed by atoms with E-state index in [4.69, 9.17) is 0 Å². The van der Waals surface area contributed by atoms with E-state index >= 15 is 0 Å². The lowest BCUT2D eigenvalue weighted by atomic mass is 10.1. The van der Waals surface area contributed by atoms with E-state index in [0.29, 0.717) is 13.0 Å². The lowest BCUT2D eigenvalue weighted by Gasteiger charge is -2.23. The Labute approximate surface area is 110 Å². The predicted molar refractivity (Wildman–Crippen MR) is 72.0 cm³/mol. The van der Waals surface area contributed by atoms with E-state index < -0.39 is 0 Å². The van der Waals surface area contributed by atoms with Crippen molar-refractivity contribution in [1.29, 1.82) is 0 Å². The van der Waals surface area contributed by atoms with Gasteiger partial charge in [0.2, 0.25) is 5.91 Å². The molecule has 1 atom stereocenters. The molecule has 2 rings (SSSR count). The lowest BCUT2D eigenvalue weighted by molar-refractivity contribution is -0.122. The van der Waals surface area contributed by atoms with Gasteiger partial charge >= 0.3 is 4.87 Å². The van der Waals surface area contributed by atoms with E-state index in [2.05, 4.69) is 10.6 Å². The van der Waals surface area contributed by atoms with Crippen LogP contribution in [-0.2, 0) is 11.3 Å². The number of amides is 1. The van der Waals surface area contributed by atoms with Gasteiger partial charge in [0.15, 0.2) is 0 Å². The molecule has 0 bridgehead atoms. The molecule has 2 N–H and O–H groups in total. The van der Waals surface area contributed by atoms with E-state index in [1.54, 1.807) is 4.57 Å². The Hall–Kier alpha value is -1.14. The first-order chi connectivity index (χ1) is 8.66. The number of hydrogen-bond donors (Lipinski definition) is 2. The van der Waals surface area contributed by atoms with E-state index in [9.17, 15) is 9.59 Å². The highest BCUT2D eigenvalue weighted by atomic mass is 32.1. The molecule has 1 saturated heterocycles. The summed E-state index contributed by atoms with van der Waals surface area (Å²) in [6, 6.07) is 0.242. The molecule has 0 unspecified atom stereocenters. The monoisotopic (exact) mass is 269 g/mol. The minimum Gasteiger partial charge on any atom is -0.352 e. The van der Waals surface area contributed by atoms with Gasteiger partial charge < -0.3 is 15.2 Å². The normalized spacial score (nSPS) is 19.7. The van der Waals surface area contributed by atoms with Crippen LogP contribution in [0.15, 0.2) is 10.2 Å². The number of aryl methyl sites for hydroxylation is 1. The van der Waals surface area contributed by atoms with Gasteiger partial charge in [-0.15, -0.1) is 0 Å². The second-order valence-electron chi connectivity index (χ2n) is 4.66. The fourth-order valence-electron chi connectivity index (χ4n) is 2.16. The van der Waals surface area contributed by atoms with Crippen LogP contribution in [0.2, 0.25) is 0 Å². The maximum absolute atomic E-state index is 11.8. The number of piperidine rings is 1. The summed E-state index contributed by atoms with van der Waals surface area (Å²) >= 11 is 1.18. The van der Waals surface area contributed by atoms with Gasteiger partial charge in [0.1, 0.15) is 0 Å². The fourth-order valence-corrected chi connectivity index (χ4v) is 2.92. The summed E-state index contributed by atoms with van der Waals surface area (Å²) in [7, 11) is 0. The van der Waals surface area contributed by atoms with Gasteiger partial charge in [-0.25, -0.2) is 0 Å². The molecular formula is C12H19N3O2S. The Morgan fingerprint density at radius 1 is 1.67 bits per heavy atom. The molecule has 0 aliphatic carbocycles. The van der Waals surface area contributed by atoms with Crippen LogP contribution in [0.25, 0.3) is 0 Å². The van der Waals surface area contributed by atoms with Crippen LogP contribution in [0.4, 0.5) is 0 Å². The number of aromatic nitrogens is 1. The van der Waals surface area contributed by atoms with Gasteiger partial charge in [0.05, 0.1) is 0 Å². The molecule has 18 heavy (non-hydrogen) atoms.